The molecule has 1 aromatic carbocycles. The Labute approximate surface area is 186 Å². The van der Waals surface area contributed by atoms with E-state index in [4.69, 9.17) is 24.8 Å². The molecule has 2 unspecified atom stereocenters. The second-order valence-corrected chi connectivity index (χ2v) is 7.61. The average molecular weight is 456 g/mol. The van der Waals surface area contributed by atoms with Gasteiger partial charge in [-0.25, -0.2) is 14.4 Å². The number of methoxy groups -OCH3 is 1. The van der Waals surface area contributed by atoms with Crippen molar-refractivity contribution < 1.29 is 49.4 Å². The molecule has 10 heteroatoms. The number of rotatable bonds is 11. The molecular weight excluding hydrogens is 424 g/mol. The minimum Gasteiger partial charge on any atom is -0.493 e. The molecule has 0 aromatic heterocycles. The fourth-order valence-corrected chi connectivity index (χ4v) is 2.96. The fraction of sp³-hybridized carbons (Fsp3) is 0.500. The standard InChI is InChI=1S/C12H14O4.C10H18O6/c1-3-4-9-5-6-10(11(7-9)15-2)16-8-12(13)14;1-5(2)9(15,7(11)12)10(16,6(3)4)8(13)14/h3,5-7H,1,4,8H2,2H3,(H,13,14);5-6,15-16H,1-4H3,(H,11,12)(H,13,14). The first-order valence-corrected chi connectivity index (χ1v) is 9.73. The molecule has 0 saturated carbocycles. The Morgan fingerprint density at radius 1 is 0.969 bits per heavy atom. The lowest BCUT2D eigenvalue weighted by Crippen LogP contribution is -2.68. The molecule has 0 aliphatic rings. The van der Waals surface area contributed by atoms with Gasteiger partial charge in [-0.15, -0.1) is 6.58 Å². The number of carboxylic acids is 3. The van der Waals surface area contributed by atoms with Gasteiger partial charge in [-0.05, 0) is 36.0 Å². The van der Waals surface area contributed by atoms with Crippen molar-refractivity contribution in [3.05, 3.63) is 36.4 Å². The Kier molecular flexibility index (Phi) is 10.9. The van der Waals surface area contributed by atoms with Gasteiger partial charge in [-0.1, -0.05) is 39.8 Å². The lowest BCUT2D eigenvalue weighted by atomic mass is 9.69. The van der Waals surface area contributed by atoms with Gasteiger partial charge in [0.25, 0.3) is 0 Å². The van der Waals surface area contributed by atoms with Crippen molar-refractivity contribution in [3.8, 4) is 11.5 Å². The van der Waals surface area contributed by atoms with E-state index in [0.29, 0.717) is 11.5 Å². The number of carbonyl (C=O) groups is 3. The van der Waals surface area contributed by atoms with Gasteiger partial charge in [0.15, 0.2) is 18.1 Å². The smallest absolute Gasteiger partial charge is 0.341 e. The molecule has 1 rings (SSSR count). The second kappa shape index (κ2) is 12.1. The molecule has 0 amide bonds. The first-order chi connectivity index (χ1) is 14.7. The molecule has 180 valence electrons. The lowest BCUT2D eigenvalue weighted by molar-refractivity contribution is -0.225. The fourth-order valence-electron chi connectivity index (χ4n) is 2.96. The highest BCUT2D eigenvalue weighted by Gasteiger charge is 2.63. The van der Waals surface area contributed by atoms with Crippen LogP contribution in [-0.4, -0.2) is 68.4 Å². The number of benzene rings is 1. The Morgan fingerprint density at radius 3 is 1.75 bits per heavy atom. The van der Waals surface area contributed by atoms with Crippen LogP contribution in [0.2, 0.25) is 0 Å². The topological polar surface area (TPSA) is 171 Å². The molecule has 0 radical (unpaired) electrons. The maximum absolute atomic E-state index is 11.0. The van der Waals surface area contributed by atoms with Crippen LogP contribution in [0.1, 0.15) is 33.3 Å². The van der Waals surface area contributed by atoms with Gasteiger partial charge < -0.3 is 35.0 Å². The van der Waals surface area contributed by atoms with Gasteiger partial charge in [-0.2, -0.15) is 0 Å². The van der Waals surface area contributed by atoms with E-state index in [1.165, 1.54) is 34.8 Å². The molecule has 32 heavy (non-hydrogen) atoms. The van der Waals surface area contributed by atoms with E-state index in [-0.39, 0.29) is 6.61 Å². The summed E-state index contributed by atoms with van der Waals surface area (Å²) in [5.41, 5.74) is -4.42. The quantitative estimate of drug-likeness (QED) is 0.309. The summed E-state index contributed by atoms with van der Waals surface area (Å²) < 4.78 is 10.2. The van der Waals surface area contributed by atoms with Crippen LogP contribution in [0.3, 0.4) is 0 Å². The SMILES string of the molecule is C=CCc1ccc(OCC(=O)O)c(OC)c1.CC(C)C(O)(C(=O)O)C(O)(C(=O)O)C(C)C. The normalized spacial score (nSPS) is 14.4. The second-order valence-electron chi connectivity index (χ2n) is 7.61. The van der Waals surface area contributed by atoms with E-state index in [9.17, 15) is 24.6 Å². The van der Waals surface area contributed by atoms with Crippen molar-refractivity contribution in [2.24, 2.45) is 11.8 Å². The van der Waals surface area contributed by atoms with Crippen LogP contribution in [0.15, 0.2) is 30.9 Å². The van der Waals surface area contributed by atoms with E-state index in [1.54, 1.807) is 18.2 Å². The van der Waals surface area contributed by atoms with Crippen molar-refractivity contribution in [1.82, 2.24) is 0 Å². The molecule has 5 N–H and O–H groups in total. The zero-order valence-electron chi connectivity index (χ0n) is 18.9. The molecule has 1 aromatic rings. The minimum absolute atomic E-state index is 0.378. The Hall–Kier alpha value is -3.11. The van der Waals surface area contributed by atoms with Crippen molar-refractivity contribution in [2.45, 2.75) is 45.3 Å². The summed E-state index contributed by atoms with van der Waals surface area (Å²) >= 11 is 0. The van der Waals surface area contributed by atoms with Crippen LogP contribution in [0.25, 0.3) is 0 Å². The third-order valence-electron chi connectivity index (χ3n) is 4.86. The third-order valence-corrected chi connectivity index (χ3v) is 4.86. The van der Waals surface area contributed by atoms with Gasteiger partial charge in [-0.3, -0.25) is 0 Å². The number of ether oxygens (including phenoxy) is 2. The summed E-state index contributed by atoms with van der Waals surface area (Å²) in [5.74, 6) is -5.46. The van der Waals surface area contributed by atoms with Crippen LogP contribution in [0.5, 0.6) is 11.5 Å². The van der Waals surface area contributed by atoms with Crippen molar-refractivity contribution in [2.75, 3.05) is 13.7 Å². The van der Waals surface area contributed by atoms with E-state index in [0.717, 1.165) is 12.0 Å². The average Bonchev–Trinajstić information content (AvgIpc) is 2.71. The molecule has 0 heterocycles. The summed E-state index contributed by atoms with van der Waals surface area (Å²) in [7, 11) is 1.51. The molecule has 2 atom stereocenters. The first kappa shape index (κ1) is 28.9. The summed E-state index contributed by atoms with van der Waals surface area (Å²) in [5, 5.41) is 46.4. The number of hydrogen-bond donors (Lipinski definition) is 5. The predicted octanol–water partition coefficient (Wildman–Crippen LogP) is 1.82. The van der Waals surface area contributed by atoms with Gasteiger partial charge in [0.2, 0.25) is 11.2 Å². The summed E-state index contributed by atoms with van der Waals surface area (Å²) in [4.78, 5) is 32.5. The van der Waals surface area contributed by atoms with Crippen molar-refractivity contribution in [3.63, 3.8) is 0 Å². The molecule has 0 fully saturated rings. The van der Waals surface area contributed by atoms with E-state index in [2.05, 4.69) is 6.58 Å². The van der Waals surface area contributed by atoms with Gasteiger partial charge in [0, 0.05) is 0 Å². The van der Waals surface area contributed by atoms with Gasteiger partial charge in [0.1, 0.15) is 0 Å². The molecule has 0 aliphatic heterocycles. The maximum atomic E-state index is 11.0. The van der Waals surface area contributed by atoms with E-state index >= 15 is 0 Å². The summed E-state index contributed by atoms with van der Waals surface area (Å²) in [6, 6.07) is 5.35. The van der Waals surface area contributed by atoms with E-state index < -0.39 is 40.9 Å². The van der Waals surface area contributed by atoms with E-state index in [1.807, 2.05) is 6.07 Å². The van der Waals surface area contributed by atoms with Crippen LogP contribution < -0.4 is 9.47 Å². The van der Waals surface area contributed by atoms with Crippen molar-refractivity contribution in [1.29, 1.82) is 0 Å². The minimum atomic E-state index is -2.73. The number of allylic oxidation sites excluding steroid dienone is 1. The molecule has 0 bridgehead atoms. The number of hydrogen-bond acceptors (Lipinski definition) is 7. The zero-order chi connectivity index (χ0) is 25.3. The molecule has 0 aliphatic carbocycles. The summed E-state index contributed by atoms with van der Waals surface area (Å²) in [6.45, 7) is 8.62. The molecular formula is C22H32O10. The largest absolute Gasteiger partial charge is 0.493 e. The number of aliphatic carboxylic acids is 3. The predicted molar refractivity (Wildman–Crippen MR) is 115 cm³/mol. The summed E-state index contributed by atoms with van der Waals surface area (Å²) in [6.07, 6.45) is 2.52. The Morgan fingerprint density at radius 2 is 1.44 bits per heavy atom. The zero-order valence-corrected chi connectivity index (χ0v) is 18.9. The van der Waals surface area contributed by atoms with Crippen LogP contribution in [-0.2, 0) is 20.8 Å². The highest BCUT2D eigenvalue weighted by Crippen LogP contribution is 2.36. The number of carboxylic acid groups (broad SMARTS) is 3. The molecule has 10 nitrogen and oxygen atoms in total. The van der Waals surface area contributed by atoms with Gasteiger partial charge in [0.05, 0.1) is 7.11 Å². The highest BCUT2D eigenvalue weighted by molar-refractivity contribution is 5.91. The number of aliphatic hydroxyl groups is 2. The maximum Gasteiger partial charge on any atom is 0.341 e. The third kappa shape index (κ3) is 6.44. The van der Waals surface area contributed by atoms with Crippen LogP contribution in [0, 0.1) is 11.8 Å². The highest BCUT2D eigenvalue weighted by atomic mass is 16.5. The van der Waals surface area contributed by atoms with Crippen LogP contribution >= 0.6 is 0 Å². The molecule has 0 saturated heterocycles. The van der Waals surface area contributed by atoms with Crippen molar-refractivity contribution >= 4 is 17.9 Å². The van der Waals surface area contributed by atoms with Crippen LogP contribution in [0.4, 0.5) is 0 Å². The monoisotopic (exact) mass is 456 g/mol. The Bertz CT molecular complexity index is 787. The van der Waals surface area contributed by atoms with Gasteiger partial charge >= 0.3 is 17.9 Å². The Balaban J connectivity index is 0.000000601. The molecule has 0 spiro atoms. The first-order valence-electron chi connectivity index (χ1n) is 9.73. The lowest BCUT2D eigenvalue weighted by Gasteiger charge is -2.42.